The molecule has 1 aromatic carbocycles. The van der Waals surface area contributed by atoms with Gasteiger partial charge in [-0.05, 0) is 31.0 Å². The normalized spacial score (nSPS) is 14.9. The van der Waals surface area contributed by atoms with Crippen LogP contribution >= 0.6 is 0 Å². The monoisotopic (exact) mass is 295 g/mol. The summed E-state index contributed by atoms with van der Waals surface area (Å²) in [7, 11) is 1.96. The van der Waals surface area contributed by atoms with Crippen LogP contribution in [0, 0.1) is 0 Å². The Kier molecular flexibility index (Phi) is 2.96. The maximum atomic E-state index is 12.8. The average molecular weight is 295 g/mol. The molecule has 0 radical (unpaired) electrons. The summed E-state index contributed by atoms with van der Waals surface area (Å²) in [6.07, 6.45) is 5.45. The third kappa shape index (κ3) is 2.07. The van der Waals surface area contributed by atoms with Crippen molar-refractivity contribution in [3.8, 4) is 0 Å². The number of rotatable bonds is 1. The predicted molar refractivity (Wildman–Crippen MR) is 82.4 cm³/mol. The van der Waals surface area contributed by atoms with Crippen LogP contribution in [-0.4, -0.2) is 37.1 Å². The lowest BCUT2D eigenvalue weighted by atomic mass is 10.1. The molecule has 22 heavy (non-hydrogen) atoms. The molecule has 1 aliphatic heterocycles. The summed E-state index contributed by atoms with van der Waals surface area (Å²) in [5.74, 6) is 0.0632. The SMILES string of the molecule is Cn1ncc2c1CCCN(C(=O)c1ccc3nc[nH]c3c1)C2. The molecule has 0 bridgehead atoms. The minimum atomic E-state index is 0.0632. The molecule has 1 amide bonds. The van der Waals surface area contributed by atoms with E-state index in [2.05, 4.69) is 15.1 Å². The number of nitrogens with one attached hydrogen (secondary N) is 1. The highest BCUT2D eigenvalue weighted by Crippen LogP contribution is 2.20. The van der Waals surface area contributed by atoms with Gasteiger partial charge in [0.15, 0.2) is 0 Å². The van der Waals surface area contributed by atoms with Crippen LogP contribution in [0.15, 0.2) is 30.7 Å². The second kappa shape index (κ2) is 4.98. The molecule has 0 fully saturated rings. The van der Waals surface area contributed by atoms with E-state index in [0.29, 0.717) is 12.1 Å². The molecule has 3 heterocycles. The van der Waals surface area contributed by atoms with E-state index in [-0.39, 0.29) is 5.91 Å². The van der Waals surface area contributed by atoms with Gasteiger partial charge in [0, 0.05) is 37.0 Å². The summed E-state index contributed by atoms with van der Waals surface area (Å²) in [5.41, 5.74) is 4.85. The molecule has 0 saturated heterocycles. The molecule has 3 aromatic rings. The molecule has 6 heteroatoms. The second-order valence-electron chi connectivity index (χ2n) is 5.70. The van der Waals surface area contributed by atoms with E-state index >= 15 is 0 Å². The minimum absolute atomic E-state index is 0.0632. The van der Waals surface area contributed by atoms with E-state index in [9.17, 15) is 4.79 Å². The van der Waals surface area contributed by atoms with Crippen LogP contribution in [0.25, 0.3) is 11.0 Å². The third-order valence-corrected chi connectivity index (χ3v) is 4.31. The highest BCUT2D eigenvalue weighted by Gasteiger charge is 2.22. The first-order chi connectivity index (χ1) is 10.7. The Morgan fingerprint density at radius 3 is 3.18 bits per heavy atom. The van der Waals surface area contributed by atoms with E-state index < -0.39 is 0 Å². The lowest BCUT2D eigenvalue weighted by Crippen LogP contribution is -2.30. The van der Waals surface area contributed by atoms with Crippen molar-refractivity contribution in [3.63, 3.8) is 0 Å². The Morgan fingerprint density at radius 1 is 1.36 bits per heavy atom. The predicted octanol–water partition coefficient (Wildman–Crippen LogP) is 1.88. The molecule has 0 unspecified atom stereocenters. The summed E-state index contributed by atoms with van der Waals surface area (Å²) in [4.78, 5) is 21.9. The van der Waals surface area contributed by atoms with Gasteiger partial charge in [-0.1, -0.05) is 0 Å². The summed E-state index contributed by atoms with van der Waals surface area (Å²) in [5, 5.41) is 4.31. The quantitative estimate of drug-likeness (QED) is 0.745. The number of carbonyl (C=O) groups excluding carboxylic acids is 1. The van der Waals surface area contributed by atoms with Crippen molar-refractivity contribution >= 4 is 16.9 Å². The Labute approximate surface area is 127 Å². The zero-order valence-corrected chi connectivity index (χ0v) is 12.4. The number of hydrogen-bond acceptors (Lipinski definition) is 3. The molecule has 6 nitrogen and oxygen atoms in total. The number of benzene rings is 1. The van der Waals surface area contributed by atoms with Gasteiger partial charge in [-0.25, -0.2) is 4.98 Å². The number of amides is 1. The largest absolute Gasteiger partial charge is 0.345 e. The van der Waals surface area contributed by atoms with Gasteiger partial charge in [-0.3, -0.25) is 9.48 Å². The van der Waals surface area contributed by atoms with Crippen molar-refractivity contribution in [2.45, 2.75) is 19.4 Å². The van der Waals surface area contributed by atoms with Crippen molar-refractivity contribution in [2.24, 2.45) is 7.05 Å². The van der Waals surface area contributed by atoms with Gasteiger partial charge in [0.05, 0.1) is 23.6 Å². The number of carbonyl (C=O) groups is 1. The molecule has 112 valence electrons. The Hall–Kier alpha value is -2.63. The molecule has 1 aliphatic rings. The van der Waals surface area contributed by atoms with E-state index in [1.165, 1.54) is 5.69 Å². The number of aryl methyl sites for hydroxylation is 1. The minimum Gasteiger partial charge on any atom is -0.345 e. The van der Waals surface area contributed by atoms with Gasteiger partial charge in [-0.2, -0.15) is 5.10 Å². The molecular weight excluding hydrogens is 278 g/mol. The topological polar surface area (TPSA) is 66.8 Å². The standard InChI is InChI=1S/C16H17N5O/c1-20-15-3-2-6-21(9-12(15)8-19-20)16(22)11-4-5-13-14(7-11)18-10-17-13/h4-5,7-8,10H,2-3,6,9H2,1H3,(H,17,18). The number of aromatic nitrogens is 4. The summed E-state index contributed by atoms with van der Waals surface area (Å²) >= 11 is 0. The van der Waals surface area contributed by atoms with Gasteiger partial charge in [0.1, 0.15) is 0 Å². The molecule has 0 atom stereocenters. The highest BCUT2D eigenvalue weighted by atomic mass is 16.2. The number of nitrogens with zero attached hydrogens (tertiary/aromatic N) is 4. The van der Waals surface area contributed by atoms with E-state index in [1.54, 1.807) is 6.33 Å². The van der Waals surface area contributed by atoms with Crippen LogP contribution in [0.5, 0.6) is 0 Å². The van der Waals surface area contributed by atoms with Crippen LogP contribution in [0.4, 0.5) is 0 Å². The molecular formula is C16H17N5O. The van der Waals surface area contributed by atoms with Crippen molar-refractivity contribution in [1.82, 2.24) is 24.6 Å². The van der Waals surface area contributed by atoms with Crippen molar-refractivity contribution in [1.29, 1.82) is 0 Å². The number of fused-ring (bicyclic) bond motifs is 2. The van der Waals surface area contributed by atoms with E-state index in [4.69, 9.17) is 0 Å². The number of imidazole rings is 1. The molecule has 2 aromatic heterocycles. The van der Waals surface area contributed by atoms with Crippen LogP contribution in [0.2, 0.25) is 0 Å². The van der Waals surface area contributed by atoms with Crippen LogP contribution in [0.1, 0.15) is 28.0 Å². The van der Waals surface area contributed by atoms with Gasteiger partial charge in [0.25, 0.3) is 5.91 Å². The van der Waals surface area contributed by atoms with Gasteiger partial charge < -0.3 is 9.88 Å². The first kappa shape index (κ1) is 13.1. The Balaban J connectivity index is 1.64. The highest BCUT2D eigenvalue weighted by molar-refractivity contribution is 5.97. The van der Waals surface area contributed by atoms with Gasteiger partial charge in [0.2, 0.25) is 0 Å². The van der Waals surface area contributed by atoms with Crippen molar-refractivity contribution < 1.29 is 4.79 Å². The zero-order chi connectivity index (χ0) is 15.1. The van der Waals surface area contributed by atoms with Crippen molar-refractivity contribution in [3.05, 3.63) is 47.5 Å². The fraction of sp³-hybridized carbons (Fsp3) is 0.312. The maximum absolute atomic E-state index is 12.8. The van der Waals surface area contributed by atoms with Gasteiger partial charge >= 0.3 is 0 Å². The number of H-pyrrole nitrogens is 1. The first-order valence-electron chi connectivity index (χ1n) is 7.44. The molecule has 0 aliphatic carbocycles. The molecule has 0 spiro atoms. The lowest BCUT2D eigenvalue weighted by molar-refractivity contribution is 0.0746. The first-order valence-corrected chi connectivity index (χ1v) is 7.44. The molecule has 0 saturated carbocycles. The Bertz CT molecular complexity index is 847. The molecule has 1 N–H and O–H groups in total. The summed E-state index contributed by atoms with van der Waals surface area (Å²) in [6.45, 7) is 1.40. The smallest absolute Gasteiger partial charge is 0.254 e. The number of hydrogen-bond donors (Lipinski definition) is 1. The second-order valence-corrected chi connectivity index (χ2v) is 5.70. The maximum Gasteiger partial charge on any atom is 0.254 e. The fourth-order valence-electron chi connectivity index (χ4n) is 3.11. The molecule has 4 rings (SSSR count). The average Bonchev–Trinajstić information content (AvgIpc) is 3.06. The van der Waals surface area contributed by atoms with Crippen molar-refractivity contribution in [2.75, 3.05) is 6.54 Å². The lowest BCUT2D eigenvalue weighted by Gasteiger charge is -2.20. The summed E-state index contributed by atoms with van der Waals surface area (Å²) < 4.78 is 1.92. The van der Waals surface area contributed by atoms with Gasteiger partial charge in [-0.15, -0.1) is 0 Å². The summed E-state index contributed by atoms with van der Waals surface area (Å²) in [6, 6.07) is 5.60. The van der Waals surface area contributed by atoms with E-state index in [0.717, 1.165) is 36.0 Å². The van der Waals surface area contributed by atoms with E-state index in [1.807, 2.05) is 41.0 Å². The third-order valence-electron chi connectivity index (χ3n) is 4.31. The van der Waals surface area contributed by atoms with Crippen LogP contribution < -0.4 is 0 Å². The van der Waals surface area contributed by atoms with Crippen LogP contribution in [-0.2, 0) is 20.0 Å². The van der Waals surface area contributed by atoms with Crippen LogP contribution in [0.3, 0.4) is 0 Å². The zero-order valence-electron chi connectivity index (χ0n) is 12.4. The fourth-order valence-corrected chi connectivity index (χ4v) is 3.11. The number of aromatic amines is 1. The Morgan fingerprint density at radius 2 is 2.27 bits per heavy atom.